The van der Waals surface area contributed by atoms with Crippen molar-refractivity contribution in [1.82, 2.24) is 0 Å². The molecule has 0 atom stereocenters. The van der Waals surface area contributed by atoms with E-state index >= 15 is 0 Å². The van der Waals surface area contributed by atoms with E-state index in [9.17, 15) is 0 Å². The number of allylic oxidation sites excluding steroid dienone is 4. The Morgan fingerprint density at radius 3 is 2.56 bits per heavy atom. The predicted octanol–water partition coefficient (Wildman–Crippen LogP) is 2.55. The van der Waals surface area contributed by atoms with Gasteiger partial charge in [-0.1, -0.05) is 24.6 Å². The predicted molar refractivity (Wildman–Crippen MR) is 42.0 cm³/mol. The van der Waals surface area contributed by atoms with E-state index in [4.69, 9.17) is 5.41 Å². The molecule has 9 heavy (non-hydrogen) atoms. The number of hydrogen-bond donors (Lipinski definition) is 1. The Morgan fingerprint density at radius 2 is 2.22 bits per heavy atom. The summed E-state index contributed by atoms with van der Waals surface area (Å²) in [6, 6.07) is 0. The fourth-order valence-corrected chi connectivity index (χ4v) is 0.590. The van der Waals surface area contributed by atoms with Crippen LogP contribution in [0.4, 0.5) is 0 Å². The van der Waals surface area contributed by atoms with Crippen LogP contribution in [-0.2, 0) is 0 Å². The highest BCUT2D eigenvalue weighted by molar-refractivity contribution is 5.68. The summed E-state index contributed by atoms with van der Waals surface area (Å²) in [5, 5.41) is 6.71. The summed E-state index contributed by atoms with van der Waals surface area (Å²) in [6.07, 6.45) is 8.08. The summed E-state index contributed by atoms with van der Waals surface area (Å²) in [4.78, 5) is 0. The molecule has 0 aromatic rings. The normalized spacial score (nSPS) is 12.4. The van der Waals surface area contributed by atoms with Gasteiger partial charge in [0.05, 0.1) is 0 Å². The number of rotatable bonds is 3. The van der Waals surface area contributed by atoms with Gasteiger partial charge in [-0.15, -0.1) is 0 Å². The summed E-state index contributed by atoms with van der Waals surface area (Å²) in [7, 11) is 0. The van der Waals surface area contributed by atoms with Gasteiger partial charge < -0.3 is 5.41 Å². The molecule has 0 amide bonds. The zero-order chi connectivity index (χ0) is 7.11. The molecule has 0 aliphatic rings. The zero-order valence-electron chi connectivity index (χ0n) is 6.02. The van der Waals surface area contributed by atoms with Crippen LogP contribution >= 0.6 is 0 Å². The molecule has 0 aliphatic carbocycles. The Bertz CT molecular complexity index is 132. The second-order valence-electron chi connectivity index (χ2n) is 1.74. The molecule has 0 saturated carbocycles. The topological polar surface area (TPSA) is 23.9 Å². The molecule has 50 valence electrons. The molecule has 0 unspecified atom stereocenters. The van der Waals surface area contributed by atoms with Gasteiger partial charge in [-0.3, -0.25) is 0 Å². The van der Waals surface area contributed by atoms with Gasteiger partial charge in [-0.05, 0) is 19.4 Å². The molecule has 0 bridgehead atoms. The van der Waals surface area contributed by atoms with Gasteiger partial charge in [0, 0.05) is 6.21 Å². The molecular weight excluding hydrogens is 110 g/mol. The van der Waals surface area contributed by atoms with Crippen molar-refractivity contribution >= 4 is 6.21 Å². The highest BCUT2D eigenvalue weighted by Crippen LogP contribution is 1.99. The Hall–Kier alpha value is -0.850. The van der Waals surface area contributed by atoms with E-state index in [1.54, 1.807) is 6.08 Å². The lowest BCUT2D eigenvalue weighted by atomic mass is 10.2. The third kappa shape index (κ3) is 3.71. The average Bonchev–Trinajstić information content (AvgIpc) is 1.91. The molecule has 0 aliphatic heterocycles. The summed E-state index contributed by atoms with van der Waals surface area (Å²) >= 11 is 0. The molecule has 0 aromatic carbocycles. The van der Waals surface area contributed by atoms with Gasteiger partial charge in [-0.25, -0.2) is 0 Å². The van der Waals surface area contributed by atoms with E-state index in [1.807, 2.05) is 13.0 Å². The van der Waals surface area contributed by atoms with E-state index in [0.29, 0.717) is 0 Å². The first kappa shape index (κ1) is 8.15. The third-order valence-electron chi connectivity index (χ3n) is 1.19. The van der Waals surface area contributed by atoms with Crippen LogP contribution in [0, 0.1) is 5.41 Å². The Kier molecular flexibility index (Phi) is 4.79. The van der Waals surface area contributed by atoms with Crippen molar-refractivity contribution in [3.63, 3.8) is 0 Å². The van der Waals surface area contributed by atoms with Crippen molar-refractivity contribution < 1.29 is 0 Å². The van der Waals surface area contributed by atoms with Crippen LogP contribution in [0.2, 0.25) is 0 Å². The van der Waals surface area contributed by atoms with Crippen molar-refractivity contribution in [3.8, 4) is 0 Å². The fourth-order valence-electron chi connectivity index (χ4n) is 0.590. The van der Waals surface area contributed by atoms with E-state index in [1.165, 1.54) is 11.8 Å². The fraction of sp³-hybridized carbons (Fsp3) is 0.375. The highest BCUT2D eigenvalue weighted by Gasteiger charge is 1.80. The molecular formula is C8H13N. The molecule has 1 heteroatoms. The molecule has 0 saturated heterocycles. The summed E-state index contributed by atoms with van der Waals surface area (Å²) in [5.74, 6) is 0. The van der Waals surface area contributed by atoms with E-state index in [0.717, 1.165) is 6.42 Å². The second kappa shape index (κ2) is 5.29. The first-order valence-corrected chi connectivity index (χ1v) is 3.17. The minimum Gasteiger partial charge on any atom is -0.309 e. The summed E-state index contributed by atoms with van der Waals surface area (Å²) < 4.78 is 0. The lowest BCUT2D eigenvalue weighted by molar-refractivity contribution is 1.14. The quantitative estimate of drug-likeness (QED) is 0.440. The van der Waals surface area contributed by atoms with Crippen molar-refractivity contribution in [1.29, 1.82) is 5.41 Å². The van der Waals surface area contributed by atoms with Gasteiger partial charge in [-0.2, -0.15) is 0 Å². The standard InChI is InChI=1S/C8H13N/c1-3-8(4-2)6-5-7-9/h3,5-7,9H,4H2,1-2H3/b6-5-,8-3-,9-7?. The smallest absolute Gasteiger partial charge is 0.0177 e. The van der Waals surface area contributed by atoms with Gasteiger partial charge in [0.25, 0.3) is 0 Å². The van der Waals surface area contributed by atoms with Crippen molar-refractivity contribution in [2.24, 2.45) is 0 Å². The zero-order valence-corrected chi connectivity index (χ0v) is 6.02. The maximum atomic E-state index is 6.71. The second-order valence-corrected chi connectivity index (χ2v) is 1.74. The molecule has 0 heterocycles. The Labute approximate surface area is 56.6 Å². The number of nitrogens with one attached hydrogen (secondary N) is 1. The maximum Gasteiger partial charge on any atom is 0.0177 e. The highest BCUT2D eigenvalue weighted by atomic mass is 14.3. The Morgan fingerprint density at radius 1 is 1.56 bits per heavy atom. The molecule has 0 radical (unpaired) electrons. The van der Waals surface area contributed by atoms with Crippen LogP contribution in [-0.4, -0.2) is 6.21 Å². The van der Waals surface area contributed by atoms with E-state index in [-0.39, 0.29) is 0 Å². The first-order valence-electron chi connectivity index (χ1n) is 3.17. The van der Waals surface area contributed by atoms with Crippen molar-refractivity contribution in [3.05, 3.63) is 23.8 Å². The van der Waals surface area contributed by atoms with Crippen LogP contribution in [0.25, 0.3) is 0 Å². The van der Waals surface area contributed by atoms with Crippen molar-refractivity contribution in [2.75, 3.05) is 0 Å². The van der Waals surface area contributed by atoms with Crippen LogP contribution in [0.1, 0.15) is 20.3 Å². The van der Waals surface area contributed by atoms with Crippen LogP contribution in [0.15, 0.2) is 23.8 Å². The minimum absolute atomic E-state index is 1.04. The van der Waals surface area contributed by atoms with Crippen molar-refractivity contribution in [2.45, 2.75) is 20.3 Å². The maximum absolute atomic E-state index is 6.71. The average molecular weight is 123 g/mol. The van der Waals surface area contributed by atoms with E-state index < -0.39 is 0 Å². The monoisotopic (exact) mass is 123 g/mol. The molecule has 0 spiro atoms. The molecule has 1 N–H and O–H groups in total. The number of hydrogen-bond acceptors (Lipinski definition) is 1. The van der Waals surface area contributed by atoms with Crippen LogP contribution in [0.5, 0.6) is 0 Å². The van der Waals surface area contributed by atoms with E-state index in [2.05, 4.69) is 13.0 Å². The minimum atomic E-state index is 1.04. The van der Waals surface area contributed by atoms with Crippen LogP contribution in [0.3, 0.4) is 0 Å². The lowest BCUT2D eigenvalue weighted by Crippen LogP contribution is -1.71. The van der Waals surface area contributed by atoms with Gasteiger partial charge in [0.2, 0.25) is 0 Å². The van der Waals surface area contributed by atoms with Gasteiger partial charge >= 0.3 is 0 Å². The third-order valence-corrected chi connectivity index (χ3v) is 1.19. The Balaban J connectivity index is 3.84. The largest absolute Gasteiger partial charge is 0.309 e. The lowest BCUT2D eigenvalue weighted by Gasteiger charge is -1.90. The SMILES string of the molecule is C/C=C(\C=C/C=N)CC. The molecule has 1 nitrogen and oxygen atoms in total. The first-order chi connectivity index (χ1) is 4.35. The molecule has 0 rings (SSSR count). The van der Waals surface area contributed by atoms with Gasteiger partial charge in [0.1, 0.15) is 0 Å². The summed E-state index contributed by atoms with van der Waals surface area (Å²) in [5.41, 5.74) is 1.28. The molecule has 0 fully saturated rings. The summed E-state index contributed by atoms with van der Waals surface area (Å²) in [6.45, 7) is 4.11. The van der Waals surface area contributed by atoms with Crippen LogP contribution < -0.4 is 0 Å². The van der Waals surface area contributed by atoms with Gasteiger partial charge in [0.15, 0.2) is 0 Å². The molecule has 0 aromatic heterocycles.